The number of aryl methyl sites for hydroxylation is 2. The molecule has 0 saturated heterocycles. The van der Waals surface area contributed by atoms with Gasteiger partial charge < -0.3 is 20.1 Å². The van der Waals surface area contributed by atoms with Crippen LogP contribution in [-0.2, 0) is 80.0 Å². The monoisotopic (exact) mass is 763 g/mol. The van der Waals surface area contributed by atoms with Gasteiger partial charge in [-0.2, -0.15) is 0 Å². The molecule has 8 nitrogen and oxygen atoms in total. The largest absolute Gasteiger partial charge is 0.465 e. The quantitative estimate of drug-likeness (QED) is 0.0507. The Balaban J connectivity index is 2.06. The number of hydrogen-bond acceptors (Lipinski definition) is 6. The third-order valence-corrected chi connectivity index (χ3v) is 10.6. The highest BCUT2D eigenvalue weighted by Crippen LogP contribution is 2.33. The summed E-state index contributed by atoms with van der Waals surface area (Å²) in [4.78, 5) is 50.1. The molecule has 0 spiro atoms. The number of hydrogen-bond donors (Lipinski definition) is 2. The molecule has 8 heteroatoms. The summed E-state index contributed by atoms with van der Waals surface area (Å²) in [5.41, 5.74) is 11.1. The number of nitrogens with one attached hydrogen (secondary N) is 2. The fourth-order valence-corrected chi connectivity index (χ4v) is 7.84. The summed E-state index contributed by atoms with van der Waals surface area (Å²) in [6.45, 7) is 16.3. The Hall–Kier alpha value is -3.68. The van der Waals surface area contributed by atoms with Gasteiger partial charge in [0.1, 0.15) is 6.42 Å². The first-order valence-corrected chi connectivity index (χ1v) is 21.7. The predicted octanol–water partition coefficient (Wildman–Crippen LogP) is 10.9. The van der Waals surface area contributed by atoms with Gasteiger partial charge in [0, 0.05) is 38.1 Å². The van der Waals surface area contributed by atoms with Crippen molar-refractivity contribution in [3.05, 3.63) is 56.6 Å². The van der Waals surface area contributed by atoms with Crippen molar-refractivity contribution in [2.24, 2.45) is 0 Å². The Morgan fingerprint density at radius 3 is 1.15 bits per heavy atom. The number of amides is 2. The highest BCUT2D eigenvalue weighted by molar-refractivity contribution is 5.92. The Morgan fingerprint density at radius 1 is 0.455 bits per heavy atom. The molecule has 0 heterocycles. The average molecular weight is 763 g/mol. The Morgan fingerprint density at radius 2 is 0.818 bits per heavy atom. The second kappa shape index (κ2) is 27.0. The maximum Gasteiger partial charge on any atom is 0.317 e. The molecule has 0 fully saturated rings. The lowest BCUT2D eigenvalue weighted by atomic mass is 9.88. The zero-order valence-corrected chi connectivity index (χ0v) is 35.9. The van der Waals surface area contributed by atoms with E-state index in [1.807, 2.05) is 0 Å². The number of anilines is 2. The minimum absolute atomic E-state index is 0.0898. The van der Waals surface area contributed by atoms with Gasteiger partial charge in [-0.05, 0) is 95.9 Å². The van der Waals surface area contributed by atoms with E-state index in [-0.39, 0.29) is 25.0 Å². The van der Waals surface area contributed by atoms with Crippen LogP contribution < -0.4 is 10.6 Å². The van der Waals surface area contributed by atoms with Gasteiger partial charge in [-0.3, -0.25) is 19.2 Å². The van der Waals surface area contributed by atoms with Crippen LogP contribution in [-0.4, -0.2) is 37.0 Å². The molecule has 0 aromatic heterocycles. The predicted molar refractivity (Wildman–Crippen MR) is 227 cm³/mol. The van der Waals surface area contributed by atoms with Crippen molar-refractivity contribution in [2.75, 3.05) is 23.8 Å². The molecular formula is C47H74N2O6. The van der Waals surface area contributed by atoms with E-state index in [1.165, 1.54) is 111 Å². The van der Waals surface area contributed by atoms with Crippen LogP contribution in [0.4, 0.5) is 11.4 Å². The maximum atomic E-state index is 12.8. The molecule has 2 aromatic carbocycles. The van der Waals surface area contributed by atoms with Crippen molar-refractivity contribution in [1.29, 1.82) is 0 Å². The summed E-state index contributed by atoms with van der Waals surface area (Å²) in [6.07, 6.45) is 20.4. The number of benzene rings is 2. The molecule has 0 atom stereocenters. The van der Waals surface area contributed by atoms with E-state index >= 15 is 0 Å². The first kappa shape index (κ1) is 47.5. The number of unbranched alkanes of at least 4 members (excludes halogenated alkanes) is 10. The fraction of sp³-hybridized carbons (Fsp3) is 0.660. The summed E-state index contributed by atoms with van der Waals surface area (Å²) in [6, 6.07) is 4.31. The molecule has 2 aromatic rings. The van der Waals surface area contributed by atoms with Gasteiger partial charge in [-0.1, -0.05) is 118 Å². The zero-order chi connectivity index (χ0) is 40.6. The molecule has 0 aliphatic heterocycles. The lowest BCUT2D eigenvalue weighted by Gasteiger charge is -2.22. The van der Waals surface area contributed by atoms with E-state index in [2.05, 4.69) is 64.3 Å². The van der Waals surface area contributed by atoms with Crippen LogP contribution in [0.3, 0.4) is 0 Å². The SMILES string of the molecule is CCCCCCCCc1c(CC)cc(CCOC(=O)CC(=O)OCCc2cc(CC)c(CCCCCCCC)c(CC)c2NC(C)=O)c(NC(C)=O)c1CC. The van der Waals surface area contributed by atoms with Crippen molar-refractivity contribution >= 4 is 35.1 Å². The van der Waals surface area contributed by atoms with E-state index in [0.29, 0.717) is 12.8 Å². The third kappa shape index (κ3) is 16.5. The fourth-order valence-electron chi connectivity index (χ4n) is 7.84. The standard InChI is InChI=1S/C47H74N2O6/c1-9-15-17-19-21-23-25-42-36(11-3)31-38(46(40(42)13-5)48-34(7)50)27-29-54-44(52)33-45(53)55-30-28-39-32-37(12-4)43(26-24-22-20-18-16-10-2)41(14-6)47(39)49-35(8)51/h31-32H,9-30,33H2,1-8H3,(H,48,50)(H,49,51). The zero-order valence-electron chi connectivity index (χ0n) is 35.9. The van der Waals surface area contributed by atoms with Gasteiger partial charge in [-0.15, -0.1) is 0 Å². The smallest absolute Gasteiger partial charge is 0.317 e. The molecule has 0 aliphatic rings. The summed E-state index contributed by atoms with van der Waals surface area (Å²) >= 11 is 0. The molecule has 0 bridgehead atoms. The molecular weight excluding hydrogens is 689 g/mol. The van der Waals surface area contributed by atoms with Crippen LogP contribution in [0.15, 0.2) is 12.1 Å². The summed E-state index contributed by atoms with van der Waals surface area (Å²) < 4.78 is 11.1. The summed E-state index contributed by atoms with van der Waals surface area (Å²) in [5, 5.41) is 6.16. The Labute approximate surface area is 333 Å². The molecule has 2 amide bonds. The number of esters is 2. The minimum Gasteiger partial charge on any atom is -0.465 e. The van der Waals surface area contributed by atoms with E-state index in [1.54, 1.807) is 0 Å². The molecule has 0 radical (unpaired) electrons. The molecule has 2 N–H and O–H groups in total. The average Bonchev–Trinajstić information content (AvgIpc) is 3.15. The first-order chi connectivity index (χ1) is 26.5. The lowest BCUT2D eigenvalue weighted by Crippen LogP contribution is -2.18. The highest BCUT2D eigenvalue weighted by Gasteiger charge is 2.20. The molecule has 0 aliphatic carbocycles. The van der Waals surface area contributed by atoms with Crippen LogP contribution in [0.5, 0.6) is 0 Å². The van der Waals surface area contributed by atoms with E-state index in [0.717, 1.165) is 73.9 Å². The van der Waals surface area contributed by atoms with Gasteiger partial charge in [0.2, 0.25) is 11.8 Å². The van der Waals surface area contributed by atoms with Crippen molar-refractivity contribution in [2.45, 2.75) is 190 Å². The van der Waals surface area contributed by atoms with E-state index in [9.17, 15) is 19.2 Å². The minimum atomic E-state index is -0.642. The second-order valence-electron chi connectivity index (χ2n) is 15.0. The van der Waals surface area contributed by atoms with Crippen LogP contribution in [0.1, 0.15) is 183 Å². The van der Waals surface area contributed by atoms with Gasteiger partial charge in [0.05, 0.1) is 13.2 Å². The number of carbonyl (C=O) groups is 4. The number of rotatable bonds is 28. The lowest BCUT2D eigenvalue weighted by molar-refractivity contribution is -0.154. The van der Waals surface area contributed by atoms with Crippen molar-refractivity contribution < 1.29 is 28.7 Å². The highest BCUT2D eigenvalue weighted by atomic mass is 16.6. The maximum absolute atomic E-state index is 12.8. The van der Waals surface area contributed by atoms with Crippen LogP contribution in [0.25, 0.3) is 0 Å². The van der Waals surface area contributed by atoms with Gasteiger partial charge in [-0.25, -0.2) is 0 Å². The van der Waals surface area contributed by atoms with E-state index < -0.39 is 18.4 Å². The van der Waals surface area contributed by atoms with Crippen molar-refractivity contribution in [1.82, 2.24) is 0 Å². The number of carbonyl (C=O) groups excluding carboxylic acids is 4. The van der Waals surface area contributed by atoms with Crippen LogP contribution >= 0.6 is 0 Å². The van der Waals surface area contributed by atoms with Gasteiger partial charge >= 0.3 is 11.9 Å². The third-order valence-electron chi connectivity index (χ3n) is 10.6. The van der Waals surface area contributed by atoms with Gasteiger partial charge in [0.25, 0.3) is 0 Å². The van der Waals surface area contributed by atoms with E-state index in [4.69, 9.17) is 9.47 Å². The molecule has 0 saturated carbocycles. The molecule has 2 rings (SSSR count). The first-order valence-electron chi connectivity index (χ1n) is 21.7. The molecule has 308 valence electrons. The summed E-state index contributed by atoms with van der Waals surface area (Å²) in [7, 11) is 0. The summed E-state index contributed by atoms with van der Waals surface area (Å²) in [5.74, 6) is -1.54. The van der Waals surface area contributed by atoms with Gasteiger partial charge in [0.15, 0.2) is 0 Å². The Kier molecular flexibility index (Phi) is 23.3. The Bertz CT molecular complexity index is 1400. The number of ether oxygens (including phenoxy) is 2. The molecule has 55 heavy (non-hydrogen) atoms. The topological polar surface area (TPSA) is 111 Å². The van der Waals surface area contributed by atoms with Crippen molar-refractivity contribution in [3.8, 4) is 0 Å². The second-order valence-corrected chi connectivity index (χ2v) is 15.0. The molecule has 0 unspecified atom stereocenters. The van der Waals surface area contributed by atoms with Crippen molar-refractivity contribution in [3.63, 3.8) is 0 Å². The van der Waals surface area contributed by atoms with Crippen LogP contribution in [0, 0.1) is 0 Å². The van der Waals surface area contributed by atoms with Crippen LogP contribution in [0.2, 0.25) is 0 Å². The normalized spacial score (nSPS) is 11.1.